The van der Waals surface area contributed by atoms with Crippen molar-refractivity contribution in [2.24, 2.45) is 5.73 Å². The van der Waals surface area contributed by atoms with Crippen molar-refractivity contribution in [3.05, 3.63) is 35.9 Å². The summed E-state index contributed by atoms with van der Waals surface area (Å²) >= 11 is 0. The van der Waals surface area contributed by atoms with Gasteiger partial charge < -0.3 is 15.7 Å². The summed E-state index contributed by atoms with van der Waals surface area (Å²) in [7, 11) is 3.86. The Morgan fingerprint density at radius 1 is 1.18 bits per heavy atom. The Hall–Kier alpha value is -0.320. The van der Waals surface area contributed by atoms with E-state index in [-0.39, 0.29) is 30.9 Å². The Kier molecular flexibility index (Phi) is 10.8. The van der Waals surface area contributed by atoms with Crippen molar-refractivity contribution >= 4 is 24.8 Å². The smallest absolute Gasteiger partial charge is 0.0820 e. The average Bonchev–Trinajstić information content (AvgIpc) is 2.18. The third-order valence-electron chi connectivity index (χ3n) is 2.36. The maximum atomic E-state index is 9.78. The molecule has 3 nitrogen and oxygen atoms in total. The molecular formula is C12H22Cl2N2O. The van der Waals surface area contributed by atoms with Gasteiger partial charge in [-0.05, 0) is 26.1 Å². The molecule has 0 bridgehead atoms. The van der Waals surface area contributed by atoms with E-state index in [0.29, 0.717) is 6.54 Å². The Morgan fingerprint density at radius 3 is 2.18 bits per heavy atom. The first-order valence-corrected chi connectivity index (χ1v) is 5.22. The molecule has 0 aliphatic carbocycles. The molecular weight excluding hydrogens is 259 g/mol. The van der Waals surface area contributed by atoms with Crippen molar-refractivity contribution in [3.8, 4) is 0 Å². The summed E-state index contributed by atoms with van der Waals surface area (Å²) in [4.78, 5) is 1.94. The molecule has 5 heteroatoms. The van der Waals surface area contributed by atoms with E-state index in [4.69, 9.17) is 5.73 Å². The fourth-order valence-electron chi connectivity index (χ4n) is 1.53. The number of rotatable bonds is 5. The third-order valence-corrected chi connectivity index (χ3v) is 2.36. The van der Waals surface area contributed by atoms with Crippen LogP contribution in [0.15, 0.2) is 30.3 Å². The predicted molar refractivity (Wildman–Crippen MR) is 77.2 cm³/mol. The zero-order valence-electron chi connectivity index (χ0n) is 10.2. The topological polar surface area (TPSA) is 49.5 Å². The second-order valence-electron chi connectivity index (χ2n) is 4.18. The van der Waals surface area contributed by atoms with E-state index >= 15 is 0 Å². The van der Waals surface area contributed by atoms with Gasteiger partial charge in [0.25, 0.3) is 0 Å². The minimum absolute atomic E-state index is 0. The lowest BCUT2D eigenvalue weighted by Crippen LogP contribution is -2.42. The number of hydrogen-bond donors (Lipinski definition) is 2. The molecule has 0 amide bonds. The molecule has 1 rings (SSSR count). The molecule has 0 aromatic heterocycles. The van der Waals surface area contributed by atoms with E-state index in [2.05, 4.69) is 0 Å². The number of nitrogens with zero attached hydrogens (tertiary/aromatic N) is 1. The van der Waals surface area contributed by atoms with Gasteiger partial charge in [0.05, 0.1) is 6.10 Å². The highest BCUT2D eigenvalue weighted by atomic mass is 35.5. The Bertz CT molecular complexity index is 283. The number of aliphatic hydroxyl groups excluding tert-OH is 1. The van der Waals surface area contributed by atoms with Crippen molar-refractivity contribution in [1.29, 1.82) is 0 Å². The van der Waals surface area contributed by atoms with Crippen molar-refractivity contribution in [3.63, 3.8) is 0 Å². The van der Waals surface area contributed by atoms with E-state index in [1.165, 1.54) is 5.56 Å². The Labute approximate surface area is 116 Å². The standard InChI is InChI=1S/C12H20N2O.2ClH/c1-14(2)9-12(15)11(13)8-10-6-4-3-5-7-10;;/h3-7,11-12,15H,8-9,13H2,1-2H3;2*1H/t11-,12-;;/m1../s1. The number of hydrogen-bond acceptors (Lipinski definition) is 3. The lowest BCUT2D eigenvalue weighted by Gasteiger charge is -2.22. The molecule has 0 heterocycles. The summed E-state index contributed by atoms with van der Waals surface area (Å²) in [6, 6.07) is 9.81. The van der Waals surface area contributed by atoms with Crippen LogP contribution in [0.3, 0.4) is 0 Å². The minimum atomic E-state index is -0.472. The predicted octanol–water partition coefficient (Wildman–Crippen LogP) is 1.32. The van der Waals surface area contributed by atoms with Crippen LogP contribution < -0.4 is 5.73 Å². The highest BCUT2D eigenvalue weighted by Crippen LogP contribution is 2.04. The first-order chi connectivity index (χ1) is 7.09. The zero-order valence-corrected chi connectivity index (χ0v) is 11.9. The SMILES string of the molecule is CN(C)C[C@@H](O)[C@H](N)Cc1ccccc1.Cl.Cl. The highest BCUT2D eigenvalue weighted by molar-refractivity contribution is 5.85. The average molecular weight is 281 g/mol. The quantitative estimate of drug-likeness (QED) is 0.856. The number of halogens is 2. The van der Waals surface area contributed by atoms with E-state index < -0.39 is 6.10 Å². The van der Waals surface area contributed by atoms with E-state index in [9.17, 15) is 5.11 Å². The first-order valence-electron chi connectivity index (χ1n) is 5.22. The summed E-state index contributed by atoms with van der Waals surface area (Å²) in [5, 5.41) is 9.78. The molecule has 0 saturated heterocycles. The second-order valence-corrected chi connectivity index (χ2v) is 4.18. The fourth-order valence-corrected chi connectivity index (χ4v) is 1.53. The van der Waals surface area contributed by atoms with Crippen LogP contribution in [0.4, 0.5) is 0 Å². The van der Waals surface area contributed by atoms with Gasteiger partial charge in [-0.15, -0.1) is 24.8 Å². The normalized spacial score (nSPS) is 13.5. The third kappa shape index (κ3) is 7.58. The van der Waals surface area contributed by atoms with Crippen molar-refractivity contribution in [2.75, 3.05) is 20.6 Å². The number of benzene rings is 1. The summed E-state index contributed by atoms with van der Waals surface area (Å²) in [5.74, 6) is 0. The molecule has 3 N–H and O–H groups in total. The van der Waals surface area contributed by atoms with Crippen molar-refractivity contribution in [2.45, 2.75) is 18.6 Å². The molecule has 0 fully saturated rings. The number of aliphatic hydroxyl groups is 1. The van der Waals surface area contributed by atoms with Gasteiger partial charge in [-0.2, -0.15) is 0 Å². The molecule has 2 atom stereocenters. The van der Waals surface area contributed by atoms with Gasteiger partial charge >= 0.3 is 0 Å². The van der Waals surface area contributed by atoms with Crippen LogP contribution >= 0.6 is 24.8 Å². The van der Waals surface area contributed by atoms with Crippen molar-refractivity contribution in [1.82, 2.24) is 4.90 Å². The molecule has 1 aromatic carbocycles. The Morgan fingerprint density at radius 2 is 1.71 bits per heavy atom. The van der Waals surface area contributed by atoms with Gasteiger partial charge in [0.15, 0.2) is 0 Å². The van der Waals surface area contributed by atoms with Crippen LogP contribution in [0.5, 0.6) is 0 Å². The van der Waals surface area contributed by atoms with Crippen LogP contribution in [-0.4, -0.2) is 42.8 Å². The van der Waals surface area contributed by atoms with Gasteiger partial charge in [0, 0.05) is 12.6 Å². The first kappa shape index (κ1) is 19.0. The zero-order chi connectivity index (χ0) is 11.3. The summed E-state index contributed by atoms with van der Waals surface area (Å²) in [6.45, 7) is 0.605. The van der Waals surface area contributed by atoms with E-state index in [0.717, 1.165) is 6.42 Å². The molecule has 100 valence electrons. The lowest BCUT2D eigenvalue weighted by atomic mass is 10.0. The largest absolute Gasteiger partial charge is 0.390 e. The molecule has 1 aromatic rings. The highest BCUT2D eigenvalue weighted by Gasteiger charge is 2.15. The maximum absolute atomic E-state index is 9.78. The minimum Gasteiger partial charge on any atom is -0.390 e. The molecule has 0 aliphatic rings. The van der Waals surface area contributed by atoms with E-state index in [1.807, 2.05) is 49.3 Å². The fraction of sp³-hybridized carbons (Fsp3) is 0.500. The molecule has 0 aliphatic heterocycles. The van der Waals surface area contributed by atoms with Crippen LogP contribution in [-0.2, 0) is 6.42 Å². The summed E-state index contributed by atoms with van der Waals surface area (Å²) in [5.41, 5.74) is 7.09. The maximum Gasteiger partial charge on any atom is 0.0820 e. The summed E-state index contributed by atoms with van der Waals surface area (Å²) < 4.78 is 0. The second kappa shape index (κ2) is 9.68. The van der Waals surface area contributed by atoms with Gasteiger partial charge in [0.1, 0.15) is 0 Å². The number of likely N-dealkylation sites (N-methyl/N-ethyl adjacent to an activating group) is 1. The van der Waals surface area contributed by atoms with Gasteiger partial charge in [0.2, 0.25) is 0 Å². The molecule has 17 heavy (non-hydrogen) atoms. The molecule has 0 unspecified atom stereocenters. The van der Waals surface area contributed by atoms with Crippen molar-refractivity contribution < 1.29 is 5.11 Å². The molecule has 0 radical (unpaired) electrons. The van der Waals surface area contributed by atoms with Gasteiger partial charge in [-0.3, -0.25) is 0 Å². The molecule has 0 spiro atoms. The van der Waals surface area contributed by atoms with Crippen LogP contribution in [0, 0.1) is 0 Å². The Balaban J connectivity index is 0. The molecule has 0 saturated carbocycles. The van der Waals surface area contributed by atoms with Crippen LogP contribution in [0.2, 0.25) is 0 Å². The van der Waals surface area contributed by atoms with Gasteiger partial charge in [-0.1, -0.05) is 30.3 Å². The summed E-state index contributed by atoms with van der Waals surface area (Å²) in [6.07, 6.45) is 0.246. The number of nitrogens with two attached hydrogens (primary N) is 1. The monoisotopic (exact) mass is 280 g/mol. The van der Waals surface area contributed by atoms with Gasteiger partial charge in [-0.25, -0.2) is 0 Å². The van der Waals surface area contributed by atoms with Crippen LogP contribution in [0.25, 0.3) is 0 Å². The lowest BCUT2D eigenvalue weighted by molar-refractivity contribution is 0.111. The van der Waals surface area contributed by atoms with Crippen LogP contribution in [0.1, 0.15) is 5.56 Å². The van der Waals surface area contributed by atoms with E-state index in [1.54, 1.807) is 0 Å².